The smallest absolute Gasteiger partial charge is 0.328 e. The number of carbonyl (C=O) groups excluding carboxylic acids is 4. The number of nitrogens with one attached hydrogen (secondary N) is 4. The van der Waals surface area contributed by atoms with E-state index >= 15 is 0 Å². The number of amides is 3. The molecule has 0 saturated carbocycles. The van der Waals surface area contributed by atoms with Gasteiger partial charge < -0.3 is 20.7 Å². The largest absolute Gasteiger partial charge is 0.467 e. The van der Waals surface area contributed by atoms with Crippen molar-refractivity contribution < 1.29 is 23.9 Å². The summed E-state index contributed by atoms with van der Waals surface area (Å²) in [6.45, 7) is 4.06. The van der Waals surface area contributed by atoms with E-state index < -0.39 is 30.3 Å². The van der Waals surface area contributed by atoms with E-state index in [0.717, 1.165) is 5.56 Å². The lowest BCUT2D eigenvalue weighted by Crippen LogP contribution is -2.59. The van der Waals surface area contributed by atoms with E-state index in [0.29, 0.717) is 37.9 Å². The molecule has 1 aliphatic heterocycles. The summed E-state index contributed by atoms with van der Waals surface area (Å²) in [4.78, 5) is 50.0. The molecule has 1 unspecified atom stereocenters. The van der Waals surface area contributed by atoms with Crippen molar-refractivity contribution in [2.24, 2.45) is 5.92 Å². The highest BCUT2D eigenvalue weighted by Gasteiger charge is 2.31. The summed E-state index contributed by atoms with van der Waals surface area (Å²) in [5.41, 5.74) is 0.941. The molecule has 194 valence electrons. The van der Waals surface area contributed by atoms with Crippen molar-refractivity contribution in [1.29, 1.82) is 0 Å². The highest BCUT2D eigenvalue weighted by atomic mass is 32.2. The summed E-state index contributed by atoms with van der Waals surface area (Å²) < 4.78 is 4.89. The van der Waals surface area contributed by atoms with Crippen molar-refractivity contribution in [3.8, 4) is 0 Å². The Morgan fingerprint density at radius 1 is 1.14 bits per heavy atom. The van der Waals surface area contributed by atoms with Gasteiger partial charge in [-0.1, -0.05) is 44.2 Å². The number of hydrogen-bond acceptors (Lipinski definition) is 7. The van der Waals surface area contributed by atoms with Gasteiger partial charge in [0.15, 0.2) is 0 Å². The normalized spacial score (nSPS) is 17.9. The van der Waals surface area contributed by atoms with Crippen molar-refractivity contribution in [1.82, 2.24) is 21.3 Å². The quantitative estimate of drug-likeness (QED) is 0.222. The maximum atomic E-state index is 13.4. The molecule has 1 saturated heterocycles. The summed E-state index contributed by atoms with van der Waals surface area (Å²) in [5, 5.41) is 11.8. The van der Waals surface area contributed by atoms with Gasteiger partial charge in [0.2, 0.25) is 17.7 Å². The topological polar surface area (TPSA) is 126 Å². The predicted octanol–water partition coefficient (Wildman–Crippen LogP) is 1.37. The minimum atomic E-state index is -0.758. The molecule has 1 fully saturated rings. The Bertz CT molecular complexity index is 852. The minimum Gasteiger partial charge on any atom is -0.467 e. The van der Waals surface area contributed by atoms with Crippen LogP contribution in [0.5, 0.6) is 0 Å². The molecule has 0 radical (unpaired) electrons. The van der Waals surface area contributed by atoms with E-state index in [4.69, 9.17) is 4.74 Å². The first kappa shape index (κ1) is 28.6. The van der Waals surface area contributed by atoms with E-state index in [1.807, 2.05) is 50.4 Å². The summed E-state index contributed by atoms with van der Waals surface area (Å²) in [6, 6.07) is 7.52. The van der Waals surface area contributed by atoms with E-state index in [1.54, 1.807) is 11.8 Å². The summed E-state index contributed by atoms with van der Waals surface area (Å²) in [7, 11) is 1.30. The molecular weight excluding hydrogens is 468 g/mol. The van der Waals surface area contributed by atoms with Gasteiger partial charge in [0.1, 0.15) is 12.1 Å². The molecule has 4 N–H and O–H groups in total. The number of esters is 1. The fraction of sp³-hybridized carbons (Fsp3) is 0.600. The fourth-order valence-corrected chi connectivity index (χ4v) is 4.41. The molecule has 0 bridgehead atoms. The van der Waals surface area contributed by atoms with Crippen LogP contribution in [0, 0.1) is 5.92 Å². The standard InChI is InChI=1S/C25H38N4O5S/c1-16(2)14-21(29-23(31)18-10-11-22(30)27-18)26-20(15-17-8-6-5-7-9-17)24(32)28-19(12-13-35-4)25(33)34-3/h5-9,16,18-21,26H,10-15H2,1-4H3,(H,27,30)(H,28,32)(H,29,31)/t18-,19-,20-,21?/m0/s1. The number of hydrogen-bond donors (Lipinski definition) is 4. The highest BCUT2D eigenvalue weighted by molar-refractivity contribution is 7.98. The third kappa shape index (κ3) is 9.89. The number of ether oxygens (including phenoxy) is 1. The Labute approximate surface area is 211 Å². The fourth-order valence-electron chi connectivity index (χ4n) is 3.94. The third-order valence-corrected chi connectivity index (χ3v) is 6.39. The zero-order valence-corrected chi connectivity index (χ0v) is 21.8. The van der Waals surface area contributed by atoms with Crippen LogP contribution in [0.1, 0.15) is 45.1 Å². The first-order valence-electron chi connectivity index (χ1n) is 12.0. The van der Waals surface area contributed by atoms with Crippen molar-refractivity contribution in [3.63, 3.8) is 0 Å². The third-order valence-electron chi connectivity index (χ3n) is 5.75. The summed E-state index contributed by atoms with van der Waals surface area (Å²) in [5.74, 6) is -0.330. The van der Waals surface area contributed by atoms with Crippen molar-refractivity contribution in [2.45, 2.75) is 70.2 Å². The van der Waals surface area contributed by atoms with E-state index in [2.05, 4.69) is 21.3 Å². The van der Waals surface area contributed by atoms with Gasteiger partial charge in [0.25, 0.3) is 0 Å². The SMILES string of the molecule is COC(=O)[C@H](CCSC)NC(=O)[C@H](Cc1ccccc1)NC(CC(C)C)NC(=O)[C@@H]1CCC(=O)N1. The molecule has 1 aromatic carbocycles. The molecule has 0 spiro atoms. The maximum absolute atomic E-state index is 13.4. The molecule has 2 rings (SSSR count). The first-order valence-corrected chi connectivity index (χ1v) is 13.4. The first-order chi connectivity index (χ1) is 16.7. The van der Waals surface area contributed by atoms with Crippen LogP contribution in [-0.2, 0) is 30.3 Å². The number of methoxy groups -OCH3 is 1. The van der Waals surface area contributed by atoms with E-state index in [-0.39, 0.29) is 23.6 Å². The lowest BCUT2D eigenvalue weighted by atomic mass is 10.0. The van der Waals surface area contributed by atoms with Crippen LogP contribution >= 0.6 is 11.8 Å². The Morgan fingerprint density at radius 3 is 2.43 bits per heavy atom. The van der Waals surface area contributed by atoms with Gasteiger partial charge in [-0.2, -0.15) is 11.8 Å². The van der Waals surface area contributed by atoms with Gasteiger partial charge in [0, 0.05) is 6.42 Å². The second kappa shape index (κ2) is 14.7. The molecule has 3 amide bonds. The molecule has 4 atom stereocenters. The van der Waals surface area contributed by atoms with Gasteiger partial charge in [-0.3, -0.25) is 19.7 Å². The Balaban J connectivity index is 2.20. The second-order valence-electron chi connectivity index (χ2n) is 9.12. The van der Waals surface area contributed by atoms with E-state index in [1.165, 1.54) is 7.11 Å². The summed E-state index contributed by atoms with van der Waals surface area (Å²) >= 11 is 1.58. The Kier molecular flexibility index (Phi) is 12.1. The molecule has 1 aliphatic rings. The molecule has 1 aromatic rings. The highest BCUT2D eigenvalue weighted by Crippen LogP contribution is 2.11. The zero-order valence-electron chi connectivity index (χ0n) is 21.0. The molecule has 1 heterocycles. The average molecular weight is 507 g/mol. The van der Waals surface area contributed by atoms with Gasteiger partial charge in [-0.25, -0.2) is 4.79 Å². The molecule has 0 aromatic heterocycles. The van der Waals surface area contributed by atoms with Crippen LogP contribution in [0.3, 0.4) is 0 Å². The van der Waals surface area contributed by atoms with Crippen LogP contribution in [0.15, 0.2) is 30.3 Å². The van der Waals surface area contributed by atoms with Crippen molar-refractivity contribution in [3.05, 3.63) is 35.9 Å². The van der Waals surface area contributed by atoms with E-state index in [9.17, 15) is 19.2 Å². The maximum Gasteiger partial charge on any atom is 0.328 e. The van der Waals surface area contributed by atoms with Gasteiger partial charge in [-0.05, 0) is 49.2 Å². The lowest BCUT2D eigenvalue weighted by molar-refractivity contribution is -0.145. The van der Waals surface area contributed by atoms with Gasteiger partial charge >= 0.3 is 5.97 Å². The molecule has 35 heavy (non-hydrogen) atoms. The minimum absolute atomic E-state index is 0.140. The molecule has 0 aliphatic carbocycles. The van der Waals surface area contributed by atoms with Crippen LogP contribution in [0.4, 0.5) is 0 Å². The van der Waals surface area contributed by atoms with Crippen molar-refractivity contribution in [2.75, 3.05) is 19.1 Å². The molecule has 10 heteroatoms. The van der Waals surface area contributed by atoms with Crippen LogP contribution in [-0.4, -0.2) is 67.1 Å². The second-order valence-corrected chi connectivity index (χ2v) is 10.1. The van der Waals surface area contributed by atoms with Crippen LogP contribution in [0.2, 0.25) is 0 Å². The predicted molar refractivity (Wildman–Crippen MR) is 137 cm³/mol. The lowest BCUT2D eigenvalue weighted by Gasteiger charge is -2.29. The number of thioether (sulfide) groups is 1. The monoisotopic (exact) mass is 506 g/mol. The molecular formula is C25H38N4O5S. The Hall–Kier alpha value is -2.59. The number of rotatable bonds is 14. The van der Waals surface area contributed by atoms with Crippen LogP contribution < -0.4 is 21.3 Å². The zero-order chi connectivity index (χ0) is 25.8. The van der Waals surface area contributed by atoms with Crippen molar-refractivity contribution >= 4 is 35.5 Å². The van der Waals surface area contributed by atoms with Gasteiger partial charge in [0.05, 0.1) is 19.3 Å². The number of benzene rings is 1. The number of carbonyl (C=O) groups is 4. The Morgan fingerprint density at radius 2 is 1.86 bits per heavy atom. The van der Waals surface area contributed by atoms with Crippen LogP contribution in [0.25, 0.3) is 0 Å². The summed E-state index contributed by atoms with van der Waals surface area (Å²) in [6.07, 6.45) is 3.61. The average Bonchev–Trinajstić information content (AvgIpc) is 3.27. The molecule has 9 nitrogen and oxygen atoms in total. The van der Waals surface area contributed by atoms with Gasteiger partial charge in [-0.15, -0.1) is 0 Å².